The predicted molar refractivity (Wildman–Crippen MR) is 116 cm³/mol. The minimum Gasteiger partial charge on any atom is -0.330 e. The lowest BCUT2D eigenvalue weighted by Crippen LogP contribution is -2.12. The van der Waals surface area contributed by atoms with Crippen LogP contribution < -0.4 is 10.9 Å². The summed E-state index contributed by atoms with van der Waals surface area (Å²) in [7, 11) is 0. The molecule has 0 aliphatic heterocycles. The Morgan fingerprint density at radius 3 is 2.71 bits per heavy atom. The number of anilines is 2. The van der Waals surface area contributed by atoms with Crippen molar-refractivity contribution in [3.63, 3.8) is 0 Å². The van der Waals surface area contributed by atoms with Gasteiger partial charge in [0.05, 0.1) is 16.2 Å². The van der Waals surface area contributed by atoms with Gasteiger partial charge in [0.15, 0.2) is 4.34 Å². The van der Waals surface area contributed by atoms with Crippen LogP contribution in [0.2, 0.25) is 0 Å². The molecule has 0 aliphatic carbocycles. The van der Waals surface area contributed by atoms with Crippen molar-refractivity contribution in [1.82, 2.24) is 20.2 Å². The lowest BCUT2D eigenvalue weighted by Gasteiger charge is -2.08. The van der Waals surface area contributed by atoms with Gasteiger partial charge >= 0.3 is 0 Å². The van der Waals surface area contributed by atoms with E-state index in [9.17, 15) is 4.79 Å². The van der Waals surface area contributed by atoms with Crippen LogP contribution >= 0.6 is 23.1 Å². The van der Waals surface area contributed by atoms with E-state index in [4.69, 9.17) is 0 Å². The molecule has 4 aromatic rings. The lowest BCUT2D eigenvalue weighted by atomic mass is 10.1. The topological polar surface area (TPSA) is 83.6 Å². The third-order valence-electron chi connectivity index (χ3n) is 4.31. The van der Waals surface area contributed by atoms with E-state index in [2.05, 4.69) is 44.5 Å². The van der Waals surface area contributed by atoms with Crippen LogP contribution in [0.5, 0.6) is 0 Å². The van der Waals surface area contributed by atoms with E-state index < -0.39 is 0 Å². The maximum atomic E-state index is 12.3. The molecule has 2 N–H and O–H groups in total. The average Bonchev–Trinajstić information content (AvgIpc) is 3.15. The lowest BCUT2D eigenvalue weighted by molar-refractivity contribution is 0.916. The molecule has 0 bridgehead atoms. The van der Waals surface area contributed by atoms with Crippen LogP contribution in [0.25, 0.3) is 10.9 Å². The minimum atomic E-state index is -0.122. The maximum Gasteiger partial charge on any atom is 0.258 e. The summed E-state index contributed by atoms with van der Waals surface area (Å²) >= 11 is 3.00. The molecule has 0 aliphatic rings. The van der Waals surface area contributed by atoms with Gasteiger partial charge in [-0.3, -0.25) is 4.79 Å². The number of fused-ring (bicyclic) bond motifs is 1. The largest absolute Gasteiger partial charge is 0.330 e. The van der Waals surface area contributed by atoms with Crippen LogP contribution in [0.15, 0.2) is 57.7 Å². The molecule has 6 nitrogen and oxygen atoms in total. The van der Waals surface area contributed by atoms with Crippen LogP contribution in [0.3, 0.4) is 0 Å². The maximum absolute atomic E-state index is 12.3. The number of nitrogens with one attached hydrogen (secondary N) is 2. The molecule has 4 rings (SSSR count). The molecule has 0 saturated heterocycles. The predicted octanol–water partition coefficient (Wildman–Crippen LogP) is 4.93. The van der Waals surface area contributed by atoms with Gasteiger partial charge in [-0.2, -0.15) is 0 Å². The molecule has 0 spiro atoms. The van der Waals surface area contributed by atoms with Gasteiger partial charge in [-0.1, -0.05) is 54.3 Å². The Kier molecular flexibility index (Phi) is 5.40. The highest BCUT2D eigenvalue weighted by atomic mass is 32.2. The molecule has 2 aromatic carbocycles. The first kappa shape index (κ1) is 18.6. The van der Waals surface area contributed by atoms with E-state index in [-0.39, 0.29) is 10.8 Å². The highest BCUT2D eigenvalue weighted by Crippen LogP contribution is 2.36. The number of para-hydroxylation sites is 1. The van der Waals surface area contributed by atoms with Crippen LogP contribution in [-0.4, -0.2) is 20.2 Å². The van der Waals surface area contributed by atoms with E-state index >= 15 is 0 Å². The van der Waals surface area contributed by atoms with E-state index in [0.29, 0.717) is 16.7 Å². The summed E-state index contributed by atoms with van der Waals surface area (Å²) in [6, 6.07) is 15.6. The van der Waals surface area contributed by atoms with Gasteiger partial charge in [-0.05, 0) is 43.2 Å². The Bertz CT molecular complexity index is 1150. The highest BCUT2D eigenvalue weighted by molar-refractivity contribution is 8.01. The second kappa shape index (κ2) is 8.12. The summed E-state index contributed by atoms with van der Waals surface area (Å²) in [4.78, 5) is 19.7. The van der Waals surface area contributed by atoms with Gasteiger partial charge in [0.1, 0.15) is 5.82 Å². The van der Waals surface area contributed by atoms with Crippen LogP contribution in [0.4, 0.5) is 10.8 Å². The van der Waals surface area contributed by atoms with Crippen molar-refractivity contribution in [3.05, 3.63) is 70.3 Å². The summed E-state index contributed by atoms with van der Waals surface area (Å²) in [5.74, 6) is 0.633. The Balaban J connectivity index is 1.48. The van der Waals surface area contributed by atoms with Gasteiger partial charge in [0.2, 0.25) is 5.13 Å². The monoisotopic (exact) mass is 409 g/mol. The molecule has 0 fully saturated rings. The number of hydrogen-bond acceptors (Lipinski definition) is 7. The zero-order valence-electron chi connectivity index (χ0n) is 15.5. The van der Waals surface area contributed by atoms with Gasteiger partial charge < -0.3 is 10.3 Å². The van der Waals surface area contributed by atoms with Crippen molar-refractivity contribution in [3.8, 4) is 0 Å². The SMILES string of the molecule is CCc1ccc(Nc2nnc(SC(C)c3nc4ccccc4c(=O)[nH]3)s2)cc1. The Morgan fingerprint density at radius 2 is 1.93 bits per heavy atom. The standard InChI is InChI=1S/C20H19N5OS2/c1-3-13-8-10-14(11-9-13)21-19-24-25-20(28-19)27-12(2)17-22-16-7-5-4-6-15(16)18(26)23-17/h4-12H,3H2,1-2H3,(H,21,24)(H,22,23,26). The van der Waals surface area contributed by atoms with Crippen molar-refractivity contribution >= 4 is 44.8 Å². The number of aromatic amines is 1. The second-order valence-electron chi connectivity index (χ2n) is 6.28. The summed E-state index contributed by atoms with van der Waals surface area (Å²) in [6.07, 6.45) is 1.02. The first-order valence-electron chi connectivity index (χ1n) is 8.97. The average molecular weight is 410 g/mol. The number of aromatic nitrogens is 4. The number of aryl methyl sites for hydroxylation is 1. The zero-order valence-corrected chi connectivity index (χ0v) is 17.1. The number of thioether (sulfide) groups is 1. The number of benzene rings is 2. The van der Waals surface area contributed by atoms with Crippen molar-refractivity contribution in [2.24, 2.45) is 0 Å². The molecule has 0 radical (unpaired) electrons. The molecule has 1 atom stereocenters. The van der Waals surface area contributed by atoms with E-state index in [1.54, 1.807) is 6.07 Å². The Morgan fingerprint density at radius 1 is 1.14 bits per heavy atom. The van der Waals surface area contributed by atoms with Crippen LogP contribution in [0, 0.1) is 0 Å². The molecule has 0 amide bonds. The molecule has 2 aromatic heterocycles. The molecular weight excluding hydrogens is 390 g/mol. The zero-order chi connectivity index (χ0) is 19.5. The van der Waals surface area contributed by atoms with E-state index in [0.717, 1.165) is 21.6 Å². The first-order chi connectivity index (χ1) is 13.6. The fourth-order valence-electron chi connectivity index (χ4n) is 2.76. The van der Waals surface area contributed by atoms with Crippen molar-refractivity contribution in [1.29, 1.82) is 0 Å². The fourth-order valence-corrected chi connectivity index (χ4v) is 4.73. The smallest absolute Gasteiger partial charge is 0.258 e. The highest BCUT2D eigenvalue weighted by Gasteiger charge is 2.15. The van der Waals surface area contributed by atoms with Crippen LogP contribution in [0.1, 0.15) is 30.5 Å². The van der Waals surface area contributed by atoms with Gasteiger partial charge in [0, 0.05) is 5.69 Å². The van der Waals surface area contributed by atoms with Crippen molar-refractivity contribution in [2.45, 2.75) is 29.9 Å². The quantitative estimate of drug-likeness (QED) is 0.439. The Hall–Kier alpha value is -2.71. The number of hydrogen-bond donors (Lipinski definition) is 2. The van der Waals surface area contributed by atoms with Crippen molar-refractivity contribution in [2.75, 3.05) is 5.32 Å². The summed E-state index contributed by atoms with van der Waals surface area (Å²) in [5.41, 5.74) is 2.86. The first-order valence-corrected chi connectivity index (χ1v) is 10.7. The molecule has 2 heterocycles. The third kappa shape index (κ3) is 4.07. The van der Waals surface area contributed by atoms with Crippen molar-refractivity contribution < 1.29 is 0 Å². The van der Waals surface area contributed by atoms with Gasteiger partial charge in [-0.15, -0.1) is 10.2 Å². The van der Waals surface area contributed by atoms with Gasteiger partial charge in [-0.25, -0.2) is 4.98 Å². The summed E-state index contributed by atoms with van der Waals surface area (Å²) < 4.78 is 0.816. The molecule has 1 unspecified atom stereocenters. The molecule has 8 heteroatoms. The second-order valence-corrected chi connectivity index (χ2v) is 8.84. The van der Waals surface area contributed by atoms with Gasteiger partial charge in [0.25, 0.3) is 5.56 Å². The number of H-pyrrole nitrogens is 1. The number of rotatable bonds is 6. The Labute approximate surface area is 170 Å². The molecule has 0 saturated carbocycles. The van der Waals surface area contributed by atoms with E-state index in [1.807, 2.05) is 37.3 Å². The molecule has 142 valence electrons. The van der Waals surface area contributed by atoms with E-state index in [1.165, 1.54) is 28.7 Å². The number of nitrogens with zero attached hydrogens (tertiary/aromatic N) is 3. The fraction of sp³-hybridized carbons (Fsp3) is 0.200. The minimum absolute atomic E-state index is 0.0538. The summed E-state index contributed by atoms with van der Waals surface area (Å²) in [5, 5.41) is 13.0. The normalized spacial score (nSPS) is 12.2. The molecular formula is C20H19N5OS2. The van der Waals surface area contributed by atoms with Crippen LogP contribution in [-0.2, 0) is 6.42 Å². The third-order valence-corrected chi connectivity index (χ3v) is 6.35. The summed E-state index contributed by atoms with van der Waals surface area (Å²) in [6.45, 7) is 4.13. The molecule has 28 heavy (non-hydrogen) atoms.